The van der Waals surface area contributed by atoms with Crippen LogP contribution < -0.4 is 9.86 Å². The molecule has 7 heteroatoms. The van der Waals surface area contributed by atoms with Gasteiger partial charge in [0.15, 0.2) is 0 Å². The minimum Gasteiger partial charge on any atom is -0.336 e. The molecule has 21 heavy (non-hydrogen) atoms. The van der Waals surface area contributed by atoms with E-state index in [9.17, 15) is 13.2 Å². The first kappa shape index (κ1) is 15.9. The largest absolute Gasteiger partial charge is 0.336 e. The monoisotopic (exact) mass is 311 g/mol. The highest BCUT2D eigenvalue weighted by molar-refractivity contribution is 7.87. The Morgan fingerprint density at radius 1 is 1.33 bits per heavy atom. The van der Waals surface area contributed by atoms with E-state index in [0.29, 0.717) is 5.56 Å². The summed E-state index contributed by atoms with van der Waals surface area (Å²) in [4.78, 5) is 14.3. The van der Waals surface area contributed by atoms with E-state index in [4.69, 9.17) is 5.14 Å². The summed E-state index contributed by atoms with van der Waals surface area (Å²) in [7, 11) is -3.70. The smallest absolute Gasteiger partial charge is 0.274 e. The van der Waals surface area contributed by atoms with Gasteiger partial charge in [-0.1, -0.05) is 12.1 Å². The minimum absolute atomic E-state index is 0.0353. The molecule has 1 aromatic carbocycles. The molecule has 1 saturated heterocycles. The highest BCUT2D eigenvalue weighted by Crippen LogP contribution is 2.19. The molecule has 3 N–H and O–H groups in total. The van der Waals surface area contributed by atoms with Crippen molar-refractivity contribution < 1.29 is 13.2 Å². The van der Waals surface area contributed by atoms with E-state index in [1.54, 1.807) is 24.3 Å². The summed E-state index contributed by atoms with van der Waals surface area (Å²) in [5, 5.41) is 4.87. The van der Waals surface area contributed by atoms with Crippen molar-refractivity contribution in [2.24, 2.45) is 5.14 Å². The van der Waals surface area contributed by atoms with E-state index in [0.717, 1.165) is 24.9 Å². The molecule has 0 saturated carbocycles. The Hall–Kier alpha value is -1.44. The molecular formula is C14H21N3O3S. The molecule has 0 radical (unpaired) electrons. The average Bonchev–Trinajstić information content (AvgIpc) is 2.45. The Balaban J connectivity index is 2.02. The van der Waals surface area contributed by atoms with E-state index in [1.165, 1.54) is 6.42 Å². The zero-order valence-corrected chi connectivity index (χ0v) is 12.9. The van der Waals surface area contributed by atoms with Crippen molar-refractivity contribution in [2.45, 2.75) is 38.8 Å². The molecule has 1 fully saturated rings. The zero-order valence-electron chi connectivity index (χ0n) is 12.1. The normalized spacial score (nSPS) is 19.5. The molecule has 0 aromatic heterocycles. The predicted molar refractivity (Wildman–Crippen MR) is 80.7 cm³/mol. The Labute approximate surface area is 125 Å². The number of carbonyl (C=O) groups excluding carboxylic acids is 1. The molecule has 2 rings (SSSR count). The lowest BCUT2D eigenvalue weighted by atomic mass is 10.0. The van der Waals surface area contributed by atoms with Crippen LogP contribution in [-0.4, -0.2) is 31.8 Å². The molecule has 0 bridgehead atoms. The molecule has 0 spiro atoms. The van der Waals surface area contributed by atoms with Crippen LogP contribution in [0.3, 0.4) is 0 Å². The van der Waals surface area contributed by atoms with Crippen LogP contribution in [-0.2, 0) is 16.8 Å². The van der Waals surface area contributed by atoms with Crippen molar-refractivity contribution in [2.75, 3.05) is 6.54 Å². The van der Waals surface area contributed by atoms with E-state index < -0.39 is 10.2 Å². The fourth-order valence-corrected chi connectivity index (χ4v) is 2.88. The van der Waals surface area contributed by atoms with E-state index in [2.05, 4.69) is 11.6 Å². The molecule has 6 nitrogen and oxygen atoms in total. The number of carbonyl (C=O) groups is 1. The van der Waals surface area contributed by atoms with Crippen molar-refractivity contribution in [3.8, 4) is 0 Å². The molecular weight excluding hydrogens is 290 g/mol. The number of nitrogens with one attached hydrogen (secondary N) is 1. The third-order valence-electron chi connectivity index (χ3n) is 3.74. The molecule has 1 aliphatic rings. The van der Waals surface area contributed by atoms with Crippen molar-refractivity contribution in [1.82, 2.24) is 9.62 Å². The first-order valence-corrected chi connectivity index (χ1v) is 8.59. The summed E-state index contributed by atoms with van der Waals surface area (Å²) >= 11 is 0. The van der Waals surface area contributed by atoms with Crippen LogP contribution in [0.2, 0.25) is 0 Å². The summed E-state index contributed by atoms with van der Waals surface area (Å²) in [6, 6.07) is 7.20. The van der Waals surface area contributed by atoms with Crippen LogP contribution in [0.25, 0.3) is 0 Å². The summed E-state index contributed by atoms with van der Waals surface area (Å²) in [5.41, 5.74) is 1.38. The molecule has 1 heterocycles. The van der Waals surface area contributed by atoms with Crippen LogP contribution in [0.5, 0.6) is 0 Å². The average molecular weight is 311 g/mol. The second kappa shape index (κ2) is 6.55. The van der Waals surface area contributed by atoms with Crippen LogP contribution in [0.15, 0.2) is 24.3 Å². The highest BCUT2D eigenvalue weighted by Gasteiger charge is 2.23. The van der Waals surface area contributed by atoms with Gasteiger partial charge in [0.2, 0.25) is 0 Å². The van der Waals surface area contributed by atoms with Crippen LogP contribution in [0, 0.1) is 0 Å². The van der Waals surface area contributed by atoms with Gasteiger partial charge < -0.3 is 4.90 Å². The Kier molecular flexibility index (Phi) is 4.97. The van der Waals surface area contributed by atoms with Crippen molar-refractivity contribution in [3.63, 3.8) is 0 Å². The van der Waals surface area contributed by atoms with Crippen molar-refractivity contribution in [3.05, 3.63) is 35.4 Å². The Bertz CT molecular complexity index is 598. The second-order valence-electron chi connectivity index (χ2n) is 5.41. The maximum atomic E-state index is 12.4. The summed E-state index contributed by atoms with van der Waals surface area (Å²) in [6.45, 7) is 2.99. The molecule has 0 unspecified atom stereocenters. The first-order valence-electron chi connectivity index (χ1n) is 7.04. The summed E-state index contributed by atoms with van der Waals surface area (Å²) in [6.07, 6.45) is 3.26. The van der Waals surface area contributed by atoms with Gasteiger partial charge >= 0.3 is 0 Å². The van der Waals surface area contributed by atoms with Gasteiger partial charge in [0, 0.05) is 24.7 Å². The number of nitrogens with zero attached hydrogens (tertiary/aromatic N) is 1. The highest BCUT2D eigenvalue weighted by atomic mass is 32.2. The van der Waals surface area contributed by atoms with E-state index in [-0.39, 0.29) is 18.5 Å². The summed E-state index contributed by atoms with van der Waals surface area (Å²) in [5.74, 6) is 0.0353. The maximum absolute atomic E-state index is 12.4. The second-order valence-corrected chi connectivity index (χ2v) is 6.79. The number of benzene rings is 1. The molecule has 116 valence electrons. The zero-order chi connectivity index (χ0) is 15.5. The van der Waals surface area contributed by atoms with Gasteiger partial charge in [0.25, 0.3) is 16.1 Å². The predicted octanol–water partition coefficient (Wildman–Crippen LogP) is 0.994. The number of amides is 1. The standard InChI is InChI=1S/C14H21N3O3S/c1-11-4-2-3-9-17(11)14(18)13-7-5-12(6-8-13)10-16-21(15,19)20/h5-8,11,16H,2-4,9-10H2,1H3,(H2,15,19,20)/t11-/m1/s1. The van der Waals surface area contributed by atoms with Gasteiger partial charge in [-0.3, -0.25) is 4.79 Å². The number of hydrogen-bond donors (Lipinski definition) is 2. The first-order chi connectivity index (χ1) is 9.87. The topological polar surface area (TPSA) is 92.5 Å². The lowest BCUT2D eigenvalue weighted by Gasteiger charge is -2.33. The SMILES string of the molecule is C[C@@H]1CCCCN1C(=O)c1ccc(CNS(N)(=O)=O)cc1. The van der Waals surface area contributed by atoms with Crippen LogP contribution in [0.4, 0.5) is 0 Å². The third-order valence-corrected chi connectivity index (χ3v) is 4.29. The maximum Gasteiger partial charge on any atom is 0.274 e. The van der Waals surface area contributed by atoms with Crippen LogP contribution >= 0.6 is 0 Å². The van der Waals surface area contributed by atoms with Gasteiger partial charge in [-0.15, -0.1) is 0 Å². The van der Waals surface area contributed by atoms with Crippen molar-refractivity contribution in [1.29, 1.82) is 0 Å². The summed E-state index contributed by atoms with van der Waals surface area (Å²) < 4.78 is 23.9. The minimum atomic E-state index is -3.70. The number of nitrogens with two attached hydrogens (primary N) is 1. The van der Waals surface area contributed by atoms with Gasteiger partial charge in [-0.2, -0.15) is 13.1 Å². The fourth-order valence-electron chi connectivity index (χ4n) is 2.51. The van der Waals surface area contributed by atoms with E-state index >= 15 is 0 Å². The number of rotatable bonds is 4. The number of piperidine rings is 1. The number of hydrogen-bond acceptors (Lipinski definition) is 3. The number of likely N-dealkylation sites (tertiary alicyclic amines) is 1. The Morgan fingerprint density at radius 2 is 2.00 bits per heavy atom. The quantitative estimate of drug-likeness (QED) is 0.868. The van der Waals surface area contributed by atoms with Gasteiger partial charge in [-0.05, 0) is 43.9 Å². The van der Waals surface area contributed by atoms with Gasteiger partial charge in [-0.25, -0.2) is 5.14 Å². The molecule has 1 amide bonds. The van der Waals surface area contributed by atoms with Gasteiger partial charge in [0.05, 0.1) is 0 Å². The fraction of sp³-hybridized carbons (Fsp3) is 0.500. The molecule has 1 atom stereocenters. The molecule has 1 aromatic rings. The van der Waals surface area contributed by atoms with Gasteiger partial charge in [0.1, 0.15) is 0 Å². The lowest BCUT2D eigenvalue weighted by Crippen LogP contribution is -2.42. The Morgan fingerprint density at radius 3 is 2.57 bits per heavy atom. The van der Waals surface area contributed by atoms with E-state index in [1.807, 2.05) is 4.90 Å². The van der Waals surface area contributed by atoms with Crippen LogP contribution in [0.1, 0.15) is 42.1 Å². The molecule has 0 aliphatic carbocycles. The van der Waals surface area contributed by atoms with Crippen molar-refractivity contribution >= 4 is 16.1 Å². The molecule has 1 aliphatic heterocycles. The third kappa shape index (κ3) is 4.52. The lowest BCUT2D eigenvalue weighted by molar-refractivity contribution is 0.0635.